The largest absolute Gasteiger partial charge is 0.466 e. The van der Waals surface area contributed by atoms with Gasteiger partial charge in [0, 0.05) is 19.5 Å². The van der Waals surface area contributed by atoms with E-state index >= 15 is 0 Å². The maximum Gasteiger partial charge on any atom is 0.408 e. The summed E-state index contributed by atoms with van der Waals surface area (Å²) in [4.78, 5) is 63.6. The van der Waals surface area contributed by atoms with E-state index < -0.39 is 54.1 Å². The zero-order chi connectivity index (χ0) is 28.0. The van der Waals surface area contributed by atoms with Gasteiger partial charge in [-0.2, -0.15) is 0 Å². The van der Waals surface area contributed by atoms with Crippen molar-refractivity contribution in [2.24, 2.45) is 5.73 Å². The number of aliphatic hydroxyl groups excluding tert-OH is 1. The lowest BCUT2D eigenvalue weighted by Crippen LogP contribution is -2.54. The molecule has 0 fully saturated rings. The van der Waals surface area contributed by atoms with Crippen LogP contribution in [0.4, 0.5) is 4.79 Å². The monoisotopic (exact) mass is 522 g/mol. The highest BCUT2D eigenvalue weighted by atomic mass is 16.6. The number of carbonyl (C=O) groups is 5. The summed E-state index contributed by atoms with van der Waals surface area (Å²) in [5, 5.41) is 14.8. The Morgan fingerprint density at radius 3 is 2.27 bits per heavy atom. The average molecular weight is 523 g/mol. The third-order valence-electron chi connectivity index (χ3n) is 4.90. The molecule has 0 radical (unpaired) electrons. The number of rotatable bonds is 14. The van der Waals surface area contributed by atoms with Gasteiger partial charge in [0.15, 0.2) is 0 Å². The number of nitrogens with one attached hydrogen (secondary N) is 2. The number of carbonyl (C=O) groups excluding carboxylic acids is 5. The minimum Gasteiger partial charge on any atom is -0.466 e. The molecule has 0 saturated carbocycles. The number of nitrogens with two attached hydrogens (primary N) is 1. The van der Waals surface area contributed by atoms with E-state index in [-0.39, 0.29) is 39.0 Å². The van der Waals surface area contributed by atoms with Crippen LogP contribution in [0.3, 0.4) is 0 Å². The van der Waals surface area contributed by atoms with Gasteiger partial charge in [-0.15, -0.1) is 0 Å². The van der Waals surface area contributed by atoms with Crippen LogP contribution in [-0.2, 0) is 28.7 Å². The number of esters is 1. The number of hydrogen-bond acceptors (Lipinski definition) is 8. The number of ether oxygens (including phenoxy) is 2. The van der Waals surface area contributed by atoms with Crippen molar-refractivity contribution in [1.29, 1.82) is 0 Å². The van der Waals surface area contributed by atoms with Crippen LogP contribution in [0.25, 0.3) is 0 Å². The van der Waals surface area contributed by atoms with Crippen molar-refractivity contribution in [3.8, 4) is 0 Å². The first-order chi connectivity index (χ1) is 17.4. The maximum absolute atomic E-state index is 13.7. The molecule has 5 N–H and O–H groups in total. The fraction of sp³-hybridized carbons (Fsp3) is 0.560. The van der Waals surface area contributed by atoms with Crippen molar-refractivity contribution in [2.45, 2.75) is 64.6 Å². The minimum atomic E-state index is -1.27. The van der Waals surface area contributed by atoms with E-state index in [0.717, 1.165) is 4.90 Å². The van der Waals surface area contributed by atoms with Gasteiger partial charge in [0.2, 0.25) is 17.7 Å². The number of benzene rings is 1. The number of aliphatic hydroxyl groups is 1. The number of nitrogens with zero attached hydrogens (tertiary/aromatic N) is 1. The van der Waals surface area contributed by atoms with Crippen molar-refractivity contribution < 1.29 is 38.6 Å². The molecule has 37 heavy (non-hydrogen) atoms. The molecule has 0 aliphatic carbocycles. The van der Waals surface area contributed by atoms with Crippen molar-refractivity contribution in [2.75, 3.05) is 26.3 Å². The third kappa shape index (κ3) is 11.7. The molecule has 0 heterocycles. The summed E-state index contributed by atoms with van der Waals surface area (Å²) >= 11 is 0. The predicted octanol–water partition coefficient (Wildman–Crippen LogP) is 0.777. The molecule has 0 saturated heterocycles. The molecule has 1 rings (SSSR count). The van der Waals surface area contributed by atoms with E-state index in [1.54, 1.807) is 58.0 Å². The SMILES string of the molecule is CCOC(=O)CCNC(=O)C(c1ccccc1)N(CCO)C(=O)C(CCC(N)=O)NC(=O)OC(C)(C)C. The van der Waals surface area contributed by atoms with E-state index in [9.17, 15) is 29.1 Å². The molecular formula is C25H38N4O8. The van der Waals surface area contributed by atoms with Gasteiger partial charge < -0.3 is 35.8 Å². The number of alkyl carbamates (subject to hydrolysis) is 1. The second kappa shape index (κ2) is 15.4. The van der Waals surface area contributed by atoms with E-state index in [2.05, 4.69) is 10.6 Å². The van der Waals surface area contributed by atoms with Crippen LogP contribution < -0.4 is 16.4 Å². The van der Waals surface area contributed by atoms with Crippen LogP contribution in [-0.4, -0.2) is 77.7 Å². The lowest BCUT2D eigenvalue weighted by Gasteiger charge is -2.34. The predicted molar refractivity (Wildman–Crippen MR) is 134 cm³/mol. The van der Waals surface area contributed by atoms with E-state index in [1.807, 2.05) is 0 Å². The molecule has 4 amide bonds. The van der Waals surface area contributed by atoms with Crippen LogP contribution >= 0.6 is 0 Å². The molecule has 12 heteroatoms. The standard InChI is InChI=1S/C25H38N4O8/c1-5-36-20(32)13-14-27-22(33)21(17-9-7-6-8-10-17)29(15-16-30)23(34)18(11-12-19(26)31)28-24(35)37-25(2,3)4/h6-10,18,21,30H,5,11-16H2,1-4H3,(H2,26,31)(H,27,33)(H,28,35). The Morgan fingerprint density at radius 2 is 1.73 bits per heavy atom. The smallest absolute Gasteiger partial charge is 0.408 e. The van der Waals surface area contributed by atoms with Crippen molar-refractivity contribution in [3.63, 3.8) is 0 Å². The molecular weight excluding hydrogens is 484 g/mol. The zero-order valence-electron chi connectivity index (χ0n) is 21.8. The average Bonchev–Trinajstić information content (AvgIpc) is 2.80. The Hall–Kier alpha value is -3.67. The molecule has 0 spiro atoms. The Labute approximate surface area is 216 Å². The number of primary amides is 1. The normalized spacial score (nSPS) is 12.6. The first-order valence-corrected chi connectivity index (χ1v) is 12.1. The summed E-state index contributed by atoms with van der Waals surface area (Å²) in [6.07, 6.45) is -1.34. The maximum atomic E-state index is 13.7. The summed E-state index contributed by atoms with van der Waals surface area (Å²) in [5.74, 6) is -2.51. The van der Waals surface area contributed by atoms with Gasteiger partial charge in [0.1, 0.15) is 17.7 Å². The molecule has 1 aromatic rings. The summed E-state index contributed by atoms with van der Waals surface area (Å²) in [7, 11) is 0. The Balaban J connectivity index is 3.28. The van der Waals surface area contributed by atoms with Gasteiger partial charge in [-0.05, 0) is 39.7 Å². The highest BCUT2D eigenvalue weighted by Crippen LogP contribution is 2.23. The summed E-state index contributed by atoms with van der Waals surface area (Å²) in [5.41, 5.74) is 4.84. The van der Waals surface area contributed by atoms with Gasteiger partial charge in [0.05, 0.1) is 19.6 Å². The van der Waals surface area contributed by atoms with Gasteiger partial charge in [0.25, 0.3) is 0 Å². The first kappa shape index (κ1) is 31.4. The highest BCUT2D eigenvalue weighted by molar-refractivity contribution is 5.92. The van der Waals surface area contributed by atoms with E-state index in [0.29, 0.717) is 5.56 Å². The quantitative estimate of drug-likeness (QED) is 0.259. The van der Waals surface area contributed by atoms with Gasteiger partial charge in [-0.25, -0.2) is 4.79 Å². The number of amides is 4. The minimum absolute atomic E-state index is 0.0383. The summed E-state index contributed by atoms with van der Waals surface area (Å²) in [6, 6.07) is 5.88. The topological polar surface area (TPSA) is 177 Å². The molecule has 206 valence electrons. The summed E-state index contributed by atoms with van der Waals surface area (Å²) < 4.78 is 10.1. The lowest BCUT2D eigenvalue weighted by molar-refractivity contribution is -0.144. The third-order valence-corrected chi connectivity index (χ3v) is 4.90. The molecule has 0 aliphatic rings. The second-order valence-corrected chi connectivity index (χ2v) is 9.12. The van der Waals surface area contributed by atoms with Crippen molar-refractivity contribution in [3.05, 3.63) is 35.9 Å². The fourth-order valence-corrected chi connectivity index (χ4v) is 3.39. The molecule has 2 unspecified atom stereocenters. The Kier molecular flexibility index (Phi) is 13.1. The fourth-order valence-electron chi connectivity index (χ4n) is 3.39. The molecule has 1 aromatic carbocycles. The van der Waals surface area contributed by atoms with Crippen LogP contribution in [0.15, 0.2) is 30.3 Å². The van der Waals surface area contributed by atoms with E-state index in [4.69, 9.17) is 15.2 Å². The zero-order valence-corrected chi connectivity index (χ0v) is 21.8. The number of hydrogen-bond donors (Lipinski definition) is 4. The molecule has 12 nitrogen and oxygen atoms in total. The second-order valence-electron chi connectivity index (χ2n) is 9.12. The lowest BCUT2D eigenvalue weighted by atomic mass is 10.0. The van der Waals surface area contributed by atoms with Gasteiger partial charge in [-0.3, -0.25) is 19.2 Å². The molecule has 0 bridgehead atoms. The Morgan fingerprint density at radius 1 is 1.08 bits per heavy atom. The van der Waals surface area contributed by atoms with Gasteiger partial charge in [-0.1, -0.05) is 30.3 Å². The van der Waals surface area contributed by atoms with Crippen LogP contribution in [0, 0.1) is 0 Å². The van der Waals surface area contributed by atoms with Crippen molar-refractivity contribution in [1.82, 2.24) is 15.5 Å². The first-order valence-electron chi connectivity index (χ1n) is 12.1. The van der Waals surface area contributed by atoms with E-state index in [1.165, 1.54) is 0 Å². The molecule has 0 aliphatic heterocycles. The highest BCUT2D eigenvalue weighted by Gasteiger charge is 2.36. The van der Waals surface area contributed by atoms with Crippen LogP contribution in [0.5, 0.6) is 0 Å². The van der Waals surface area contributed by atoms with Crippen LogP contribution in [0.2, 0.25) is 0 Å². The summed E-state index contributed by atoms with van der Waals surface area (Å²) in [6.45, 7) is 6.04. The molecule has 2 atom stereocenters. The Bertz CT molecular complexity index is 917. The van der Waals surface area contributed by atoms with Crippen molar-refractivity contribution >= 4 is 29.8 Å². The van der Waals surface area contributed by atoms with Crippen LogP contribution in [0.1, 0.15) is 58.6 Å². The molecule has 0 aromatic heterocycles. The van der Waals surface area contributed by atoms with Gasteiger partial charge >= 0.3 is 12.1 Å².